The molecule has 1 rings (SSSR count). The molecule has 0 aromatic heterocycles. The molecule has 0 saturated carbocycles. The van der Waals surface area contributed by atoms with Crippen molar-refractivity contribution >= 4 is 11.6 Å². The highest BCUT2D eigenvalue weighted by molar-refractivity contribution is 6.30. The first-order valence-corrected chi connectivity index (χ1v) is 6.44. The number of hydrogen-bond donors (Lipinski definition) is 1. The predicted molar refractivity (Wildman–Crippen MR) is 72.0 cm³/mol. The molecule has 0 spiro atoms. The SMILES string of the molecule is CNC(C)C(Cc1ccc(Cl)cc1F)C(C)C. The van der Waals surface area contributed by atoms with Gasteiger partial charge < -0.3 is 5.32 Å². The Morgan fingerprint density at radius 1 is 1.29 bits per heavy atom. The first kappa shape index (κ1) is 14.5. The Bertz CT molecular complexity index is 365. The van der Waals surface area contributed by atoms with E-state index >= 15 is 0 Å². The molecule has 0 amide bonds. The van der Waals surface area contributed by atoms with Gasteiger partial charge in [-0.15, -0.1) is 0 Å². The van der Waals surface area contributed by atoms with Crippen LogP contribution in [0, 0.1) is 17.7 Å². The summed E-state index contributed by atoms with van der Waals surface area (Å²) in [6.07, 6.45) is 0.739. The van der Waals surface area contributed by atoms with E-state index in [9.17, 15) is 4.39 Å². The van der Waals surface area contributed by atoms with Gasteiger partial charge in [-0.05, 0) is 49.9 Å². The van der Waals surface area contributed by atoms with Crippen LogP contribution in [-0.4, -0.2) is 13.1 Å². The van der Waals surface area contributed by atoms with E-state index < -0.39 is 0 Å². The molecule has 0 aliphatic carbocycles. The van der Waals surface area contributed by atoms with Crippen LogP contribution in [0.1, 0.15) is 26.3 Å². The molecule has 0 saturated heterocycles. The molecule has 2 unspecified atom stereocenters. The van der Waals surface area contributed by atoms with E-state index in [2.05, 4.69) is 26.1 Å². The van der Waals surface area contributed by atoms with Crippen molar-refractivity contribution in [3.8, 4) is 0 Å². The third kappa shape index (κ3) is 3.97. The Balaban J connectivity index is 2.86. The average Bonchev–Trinajstić information content (AvgIpc) is 2.26. The smallest absolute Gasteiger partial charge is 0.127 e. The third-order valence-corrected chi connectivity index (χ3v) is 3.66. The summed E-state index contributed by atoms with van der Waals surface area (Å²) in [7, 11) is 1.94. The van der Waals surface area contributed by atoms with Crippen molar-refractivity contribution in [1.29, 1.82) is 0 Å². The highest BCUT2D eigenvalue weighted by Crippen LogP contribution is 2.24. The molecule has 96 valence electrons. The lowest BCUT2D eigenvalue weighted by atomic mass is 9.84. The van der Waals surface area contributed by atoms with E-state index in [4.69, 9.17) is 11.6 Å². The normalized spacial score (nSPS) is 15.0. The summed E-state index contributed by atoms with van der Waals surface area (Å²) in [5, 5.41) is 3.70. The molecular formula is C14H21ClFN. The van der Waals surface area contributed by atoms with Crippen molar-refractivity contribution in [3.05, 3.63) is 34.6 Å². The number of hydrogen-bond acceptors (Lipinski definition) is 1. The summed E-state index contributed by atoms with van der Waals surface area (Å²) in [6.45, 7) is 6.48. The van der Waals surface area contributed by atoms with Crippen LogP contribution < -0.4 is 5.32 Å². The monoisotopic (exact) mass is 257 g/mol. The van der Waals surface area contributed by atoms with Crippen LogP contribution in [0.15, 0.2) is 18.2 Å². The topological polar surface area (TPSA) is 12.0 Å². The van der Waals surface area contributed by atoms with Crippen molar-refractivity contribution < 1.29 is 4.39 Å². The van der Waals surface area contributed by atoms with Gasteiger partial charge in [-0.3, -0.25) is 0 Å². The fraction of sp³-hybridized carbons (Fsp3) is 0.571. The Morgan fingerprint density at radius 2 is 1.94 bits per heavy atom. The van der Waals surface area contributed by atoms with E-state index in [-0.39, 0.29) is 5.82 Å². The molecule has 0 radical (unpaired) electrons. The molecule has 0 aliphatic rings. The van der Waals surface area contributed by atoms with Gasteiger partial charge in [0.25, 0.3) is 0 Å². The zero-order valence-electron chi connectivity index (χ0n) is 10.9. The molecule has 0 bridgehead atoms. The quantitative estimate of drug-likeness (QED) is 0.844. The maximum Gasteiger partial charge on any atom is 0.127 e. The Kier molecular flexibility index (Phi) is 5.41. The fourth-order valence-electron chi connectivity index (χ4n) is 2.15. The van der Waals surface area contributed by atoms with Crippen LogP contribution >= 0.6 is 11.6 Å². The maximum atomic E-state index is 13.7. The second-order valence-electron chi connectivity index (χ2n) is 4.93. The van der Waals surface area contributed by atoms with E-state index in [1.807, 2.05) is 7.05 Å². The standard InChI is InChI=1S/C14H21ClFN/c1-9(2)13(10(3)17-4)7-11-5-6-12(15)8-14(11)16/h5-6,8-10,13,17H,7H2,1-4H3. The van der Waals surface area contributed by atoms with Gasteiger partial charge in [0.05, 0.1) is 0 Å². The van der Waals surface area contributed by atoms with E-state index in [0.29, 0.717) is 22.9 Å². The largest absolute Gasteiger partial charge is 0.317 e. The van der Waals surface area contributed by atoms with Crippen LogP contribution in [0.4, 0.5) is 4.39 Å². The van der Waals surface area contributed by atoms with Crippen LogP contribution in [0.25, 0.3) is 0 Å². The Hall–Kier alpha value is -0.600. The molecule has 17 heavy (non-hydrogen) atoms. The zero-order chi connectivity index (χ0) is 13.0. The van der Waals surface area contributed by atoms with Gasteiger partial charge in [-0.25, -0.2) is 4.39 Å². The van der Waals surface area contributed by atoms with Gasteiger partial charge in [0, 0.05) is 11.1 Å². The summed E-state index contributed by atoms with van der Waals surface area (Å²) in [4.78, 5) is 0. The molecule has 0 aliphatic heterocycles. The molecule has 2 atom stereocenters. The first-order valence-electron chi connectivity index (χ1n) is 6.07. The number of rotatable bonds is 5. The zero-order valence-corrected chi connectivity index (χ0v) is 11.7. The van der Waals surface area contributed by atoms with Crippen molar-refractivity contribution in [2.45, 2.75) is 33.2 Å². The van der Waals surface area contributed by atoms with Gasteiger partial charge in [-0.2, -0.15) is 0 Å². The third-order valence-electron chi connectivity index (χ3n) is 3.42. The fourth-order valence-corrected chi connectivity index (χ4v) is 2.30. The summed E-state index contributed by atoms with van der Waals surface area (Å²) >= 11 is 5.75. The number of benzene rings is 1. The molecule has 1 aromatic rings. The number of nitrogens with one attached hydrogen (secondary N) is 1. The van der Waals surface area contributed by atoms with Crippen molar-refractivity contribution in [3.63, 3.8) is 0 Å². The highest BCUT2D eigenvalue weighted by atomic mass is 35.5. The van der Waals surface area contributed by atoms with Gasteiger partial charge in [0.2, 0.25) is 0 Å². The molecule has 1 N–H and O–H groups in total. The average molecular weight is 258 g/mol. The van der Waals surface area contributed by atoms with Crippen LogP contribution in [0.3, 0.4) is 0 Å². The van der Waals surface area contributed by atoms with Gasteiger partial charge in [0.15, 0.2) is 0 Å². The second-order valence-corrected chi connectivity index (χ2v) is 5.36. The van der Waals surface area contributed by atoms with E-state index in [0.717, 1.165) is 12.0 Å². The first-order chi connectivity index (χ1) is 7.95. The maximum absolute atomic E-state index is 13.7. The van der Waals surface area contributed by atoms with E-state index in [1.165, 1.54) is 6.07 Å². The Morgan fingerprint density at radius 3 is 2.41 bits per heavy atom. The predicted octanol–water partition coefficient (Wildman–Crippen LogP) is 3.90. The minimum absolute atomic E-state index is 0.202. The van der Waals surface area contributed by atoms with Gasteiger partial charge >= 0.3 is 0 Å². The molecular weight excluding hydrogens is 237 g/mol. The minimum Gasteiger partial charge on any atom is -0.317 e. The lowest BCUT2D eigenvalue weighted by Crippen LogP contribution is -2.35. The Labute approximate surface area is 108 Å². The summed E-state index contributed by atoms with van der Waals surface area (Å²) in [5.41, 5.74) is 0.746. The summed E-state index contributed by atoms with van der Waals surface area (Å²) in [6, 6.07) is 5.29. The lowest BCUT2D eigenvalue weighted by molar-refractivity contribution is 0.297. The van der Waals surface area contributed by atoms with Crippen LogP contribution in [0.2, 0.25) is 5.02 Å². The van der Waals surface area contributed by atoms with Crippen molar-refractivity contribution in [2.75, 3.05) is 7.05 Å². The van der Waals surface area contributed by atoms with Crippen LogP contribution in [-0.2, 0) is 6.42 Å². The van der Waals surface area contributed by atoms with Gasteiger partial charge in [-0.1, -0.05) is 31.5 Å². The van der Waals surface area contributed by atoms with Crippen LogP contribution in [0.5, 0.6) is 0 Å². The van der Waals surface area contributed by atoms with Gasteiger partial charge in [0.1, 0.15) is 5.82 Å². The highest BCUT2D eigenvalue weighted by Gasteiger charge is 2.21. The van der Waals surface area contributed by atoms with Crippen molar-refractivity contribution in [2.24, 2.45) is 11.8 Å². The molecule has 1 nitrogen and oxygen atoms in total. The minimum atomic E-state index is -0.202. The second kappa shape index (κ2) is 6.36. The molecule has 1 aromatic carbocycles. The summed E-state index contributed by atoms with van der Waals surface area (Å²) in [5.74, 6) is 0.717. The lowest BCUT2D eigenvalue weighted by Gasteiger charge is -2.27. The van der Waals surface area contributed by atoms with Crippen molar-refractivity contribution in [1.82, 2.24) is 5.32 Å². The molecule has 3 heteroatoms. The summed E-state index contributed by atoms with van der Waals surface area (Å²) < 4.78 is 13.7. The van der Waals surface area contributed by atoms with E-state index in [1.54, 1.807) is 12.1 Å². The number of halogens is 2. The molecule has 0 heterocycles. The molecule has 0 fully saturated rings.